The molecule has 0 saturated carbocycles. The molecule has 1 amide bonds. The molecule has 0 aromatic heterocycles. The smallest absolute Gasteiger partial charge is 0.222 e. The highest BCUT2D eigenvalue weighted by Gasteiger charge is 2.28. The number of carbonyl (C=O) groups excluding carboxylic acids is 1. The SMILES string of the molecule is CCC(CC)(CC)NC(=O)CC(N)C(C)(C)C. The van der Waals surface area contributed by atoms with E-state index >= 15 is 0 Å². The van der Waals surface area contributed by atoms with Gasteiger partial charge in [-0.3, -0.25) is 4.79 Å². The maximum atomic E-state index is 12.0. The van der Waals surface area contributed by atoms with Gasteiger partial charge in [0.15, 0.2) is 0 Å². The van der Waals surface area contributed by atoms with Crippen molar-refractivity contribution in [2.24, 2.45) is 11.1 Å². The summed E-state index contributed by atoms with van der Waals surface area (Å²) in [5.74, 6) is 0.0815. The normalized spacial score (nSPS) is 14.5. The first-order valence-electron chi connectivity index (χ1n) is 6.77. The molecule has 0 heterocycles. The van der Waals surface area contributed by atoms with Crippen LogP contribution < -0.4 is 11.1 Å². The molecule has 17 heavy (non-hydrogen) atoms. The van der Waals surface area contributed by atoms with E-state index < -0.39 is 0 Å². The Morgan fingerprint density at radius 3 is 1.82 bits per heavy atom. The molecule has 1 unspecified atom stereocenters. The van der Waals surface area contributed by atoms with Gasteiger partial charge in [-0.1, -0.05) is 41.5 Å². The van der Waals surface area contributed by atoms with E-state index in [1.165, 1.54) is 0 Å². The first-order valence-corrected chi connectivity index (χ1v) is 6.77. The topological polar surface area (TPSA) is 55.1 Å². The molecular weight excluding hydrogens is 212 g/mol. The highest BCUT2D eigenvalue weighted by molar-refractivity contribution is 5.77. The van der Waals surface area contributed by atoms with Crippen LogP contribution in [0.4, 0.5) is 0 Å². The van der Waals surface area contributed by atoms with Crippen LogP contribution in [0, 0.1) is 5.41 Å². The molecule has 1 atom stereocenters. The van der Waals surface area contributed by atoms with Gasteiger partial charge in [0.2, 0.25) is 5.91 Å². The molecule has 0 bridgehead atoms. The lowest BCUT2D eigenvalue weighted by Crippen LogP contribution is -2.49. The summed E-state index contributed by atoms with van der Waals surface area (Å²) in [7, 11) is 0. The molecule has 0 spiro atoms. The lowest BCUT2D eigenvalue weighted by atomic mass is 9.84. The predicted molar refractivity (Wildman–Crippen MR) is 73.8 cm³/mol. The molecular formula is C14H30N2O. The van der Waals surface area contributed by atoms with E-state index in [2.05, 4.69) is 46.9 Å². The highest BCUT2D eigenvalue weighted by Crippen LogP contribution is 2.22. The summed E-state index contributed by atoms with van der Waals surface area (Å²) in [4.78, 5) is 12.0. The summed E-state index contributed by atoms with van der Waals surface area (Å²) in [6, 6.07) is -0.0919. The largest absolute Gasteiger partial charge is 0.351 e. The van der Waals surface area contributed by atoms with Crippen LogP contribution in [0.25, 0.3) is 0 Å². The standard InChI is InChI=1S/C14H30N2O/c1-7-14(8-2,9-3)16-12(17)10-11(15)13(4,5)6/h11H,7-10,15H2,1-6H3,(H,16,17). The van der Waals surface area contributed by atoms with Crippen molar-refractivity contribution in [1.82, 2.24) is 5.32 Å². The maximum absolute atomic E-state index is 12.0. The van der Waals surface area contributed by atoms with Crippen LogP contribution in [0.2, 0.25) is 0 Å². The number of nitrogens with one attached hydrogen (secondary N) is 1. The fraction of sp³-hybridized carbons (Fsp3) is 0.929. The zero-order valence-electron chi connectivity index (χ0n) is 12.4. The minimum absolute atomic E-state index is 0.0232. The van der Waals surface area contributed by atoms with Crippen LogP contribution in [0.1, 0.15) is 67.2 Å². The van der Waals surface area contributed by atoms with Gasteiger partial charge in [-0.05, 0) is 24.7 Å². The number of amides is 1. The Balaban J connectivity index is 4.45. The average Bonchev–Trinajstić information content (AvgIpc) is 2.24. The molecule has 0 aliphatic heterocycles. The molecule has 3 N–H and O–H groups in total. The van der Waals surface area contributed by atoms with E-state index in [1.54, 1.807) is 0 Å². The van der Waals surface area contributed by atoms with E-state index in [4.69, 9.17) is 5.73 Å². The van der Waals surface area contributed by atoms with Crippen molar-refractivity contribution >= 4 is 5.91 Å². The number of hydrogen-bond acceptors (Lipinski definition) is 2. The first-order chi connectivity index (χ1) is 7.70. The van der Waals surface area contributed by atoms with E-state index in [1.807, 2.05) is 0 Å². The fourth-order valence-electron chi connectivity index (χ4n) is 1.87. The lowest BCUT2D eigenvalue weighted by molar-refractivity contribution is -0.124. The van der Waals surface area contributed by atoms with Crippen LogP contribution in [-0.4, -0.2) is 17.5 Å². The van der Waals surface area contributed by atoms with Gasteiger partial charge in [-0.25, -0.2) is 0 Å². The quantitative estimate of drug-likeness (QED) is 0.752. The van der Waals surface area contributed by atoms with Crippen molar-refractivity contribution in [3.63, 3.8) is 0 Å². The van der Waals surface area contributed by atoms with Crippen molar-refractivity contribution in [2.45, 2.75) is 78.8 Å². The third kappa shape index (κ3) is 5.07. The van der Waals surface area contributed by atoms with Crippen molar-refractivity contribution in [2.75, 3.05) is 0 Å². The zero-order chi connectivity index (χ0) is 13.7. The third-order valence-corrected chi connectivity index (χ3v) is 3.95. The van der Waals surface area contributed by atoms with E-state index in [-0.39, 0.29) is 22.9 Å². The zero-order valence-corrected chi connectivity index (χ0v) is 12.4. The second kappa shape index (κ2) is 6.39. The minimum atomic E-state index is -0.0919. The molecule has 0 saturated heterocycles. The molecule has 0 aliphatic carbocycles. The first kappa shape index (κ1) is 16.4. The molecule has 0 aliphatic rings. The van der Waals surface area contributed by atoms with Gasteiger partial charge in [0.1, 0.15) is 0 Å². The number of nitrogens with two attached hydrogens (primary N) is 1. The summed E-state index contributed by atoms with van der Waals surface area (Å²) in [5.41, 5.74) is 5.96. The van der Waals surface area contributed by atoms with Crippen LogP contribution in [0.5, 0.6) is 0 Å². The summed E-state index contributed by atoms with van der Waals surface area (Å²) < 4.78 is 0. The van der Waals surface area contributed by atoms with Gasteiger partial charge in [0.25, 0.3) is 0 Å². The molecule has 0 radical (unpaired) electrons. The maximum Gasteiger partial charge on any atom is 0.222 e. The molecule has 0 aromatic carbocycles. The summed E-state index contributed by atoms with van der Waals surface area (Å²) in [5, 5.41) is 3.16. The Morgan fingerprint density at radius 2 is 1.53 bits per heavy atom. The van der Waals surface area contributed by atoms with Gasteiger partial charge in [0.05, 0.1) is 0 Å². The van der Waals surface area contributed by atoms with Crippen LogP contribution in [-0.2, 0) is 4.79 Å². The number of carbonyl (C=O) groups is 1. The summed E-state index contributed by atoms with van der Waals surface area (Å²) in [6.07, 6.45) is 3.31. The van der Waals surface area contributed by atoms with E-state index in [0.717, 1.165) is 19.3 Å². The Bertz CT molecular complexity index is 231. The highest BCUT2D eigenvalue weighted by atomic mass is 16.1. The van der Waals surface area contributed by atoms with Gasteiger partial charge in [0, 0.05) is 18.0 Å². The average molecular weight is 242 g/mol. The summed E-state index contributed by atoms with van der Waals surface area (Å²) >= 11 is 0. The van der Waals surface area contributed by atoms with Crippen molar-refractivity contribution in [1.29, 1.82) is 0 Å². The molecule has 3 nitrogen and oxygen atoms in total. The third-order valence-electron chi connectivity index (χ3n) is 3.95. The van der Waals surface area contributed by atoms with Crippen LogP contribution in [0.3, 0.4) is 0 Å². The Hall–Kier alpha value is -0.570. The van der Waals surface area contributed by atoms with Crippen molar-refractivity contribution in [3.05, 3.63) is 0 Å². The molecule has 0 rings (SSSR count). The van der Waals surface area contributed by atoms with Gasteiger partial charge in [-0.2, -0.15) is 0 Å². The van der Waals surface area contributed by atoms with Gasteiger partial charge < -0.3 is 11.1 Å². The molecule has 0 fully saturated rings. The minimum Gasteiger partial charge on any atom is -0.351 e. The number of rotatable bonds is 6. The number of hydrogen-bond donors (Lipinski definition) is 2. The van der Waals surface area contributed by atoms with Gasteiger partial charge in [-0.15, -0.1) is 0 Å². The second-order valence-corrected chi connectivity index (χ2v) is 6.07. The molecule has 3 heteroatoms. The van der Waals surface area contributed by atoms with Crippen molar-refractivity contribution < 1.29 is 4.79 Å². The van der Waals surface area contributed by atoms with Crippen LogP contribution >= 0.6 is 0 Å². The second-order valence-electron chi connectivity index (χ2n) is 6.07. The fourth-order valence-corrected chi connectivity index (χ4v) is 1.87. The van der Waals surface area contributed by atoms with Crippen molar-refractivity contribution in [3.8, 4) is 0 Å². The monoisotopic (exact) mass is 242 g/mol. The lowest BCUT2D eigenvalue weighted by Gasteiger charge is -2.33. The Morgan fingerprint density at radius 1 is 1.12 bits per heavy atom. The Kier molecular flexibility index (Phi) is 6.17. The van der Waals surface area contributed by atoms with Gasteiger partial charge >= 0.3 is 0 Å². The summed E-state index contributed by atoms with van der Waals surface area (Å²) in [6.45, 7) is 12.6. The predicted octanol–water partition coefficient (Wildman–Crippen LogP) is 2.83. The molecule has 102 valence electrons. The molecule has 0 aromatic rings. The van der Waals surface area contributed by atoms with E-state index in [0.29, 0.717) is 6.42 Å². The Labute approximate surface area is 107 Å². The van der Waals surface area contributed by atoms with Crippen LogP contribution in [0.15, 0.2) is 0 Å². The van der Waals surface area contributed by atoms with E-state index in [9.17, 15) is 4.79 Å².